The average molecular weight is 508 g/mol. The number of hydrogen-bond donors (Lipinski definition) is 4. The molecule has 0 unspecified atom stereocenters. The molecule has 3 aromatic rings. The Morgan fingerprint density at radius 3 is 2.34 bits per heavy atom. The van der Waals surface area contributed by atoms with Gasteiger partial charge in [-0.25, -0.2) is 4.79 Å². The van der Waals surface area contributed by atoms with Gasteiger partial charge in [0.15, 0.2) is 0 Å². The first-order chi connectivity index (χ1) is 16.6. The molecule has 3 amide bonds. The third-order valence-electron chi connectivity index (χ3n) is 4.73. The summed E-state index contributed by atoms with van der Waals surface area (Å²) in [7, 11) is 3.00. The van der Waals surface area contributed by atoms with Crippen molar-refractivity contribution < 1.29 is 27.5 Å². The minimum atomic E-state index is -4.67. The van der Waals surface area contributed by atoms with Crippen LogP contribution >= 0.6 is 11.6 Å². The van der Waals surface area contributed by atoms with E-state index in [1.54, 1.807) is 30.3 Å². The maximum Gasteiger partial charge on any atom is 0.417 e. The highest BCUT2D eigenvalue weighted by Gasteiger charge is 2.34. The fourth-order valence-electron chi connectivity index (χ4n) is 2.99. The molecule has 0 bridgehead atoms. The zero-order valence-corrected chi connectivity index (χ0v) is 19.3. The molecule has 4 N–H and O–H groups in total. The number of nitrogens with zero attached hydrogens (tertiary/aromatic N) is 1. The summed E-state index contributed by atoms with van der Waals surface area (Å²) in [5.41, 5.74) is 0.0329. The summed E-state index contributed by atoms with van der Waals surface area (Å²) < 4.78 is 45.2. The number of nitrogens with one attached hydrogen (secondary N) is 4. The number of anilines is 2. The number of halogens is 4. The summed E-state index contributed by atoms with van der Waals surface area (Å²) in [4.78, 5) is 27.9. The molecule has 0 fully saturated rings. The van der Waals surface area contributed by atoms with E-state index in [1.807, 2.05) is 0 Å². The number of urea groups is 1. The number of alkyl halides is 3. The topological polar surface area (TPSA) is 104 Å². The Bertz CT molecular complexity index is 1220. The molecule has 0 saturated heterocycles. The molecular formula is C23H21ClF3N5O3. The number of aromatic nitrogens is 1. The van der Waals surface area contributed by atoms with Crippen molar-refractivity contribution >= 4 is 34.9 Å². The van der Waals surface area contributed by atoms with Crippen LogP contribution in [0.1, 0.15) is 21.6 Å². The van der Waals surface area contributed by atoms with Crippen molar-refractivity contribution in [1.82, 2.24) is 15.6 Å². The summed E-state index contributed by atoms with van der Waals surface area (Å²) in [6.45, 7) is 0.108. The third-order valence-corrected chi connectivity index (χ3v) is 5.05. The predicted octanol–water partition coefficient (Wildman–Crippen LogP) is 5.27. The highest BCUT2D eigenvalue weighted by atomic mass is 35.5. The lowest BCUT2D eigenvalue weighted by molar-refractivity contribution is -0.137. The van der Waals surface area contributed by atoms with Crippen LogP contribution in [0, 0.1) is 0 Å². The van der Waals surface area contributed by atoms with Gasteiger partial charge in [-0.05, 0) is 35.9 Å². The van der Waals surface area contributed by atoms with Crippen LogP contribution in [0.15, 0.2) is 54.7 Å². The molecule has 1 heterocycles. The van der Waals surface area contributed by atoms with E-state index in [1.165, 1.54) is 26.4 Å². The number of ether oxygens (including phenoxy) is 1. The van der Waals surface area contributed by atoms with Gasteiger partial charge in [-0.2, -0.15) is 13.2 Å². The molecule has 35 heavy (non-hydrogen) atoms. The van der Waals surface area contributed by atoms with Crippen LogP contribution in [0.25, 0.3) is 0 Å². The SMILES string of the molecule is CNC(=O)c1cc(Oc2ccc(CNC(=O)Nc3cc(C(F)(F)F)c(Cl)cc3NC)cc2)ccn1. The first-order valence-electron chi connectivity index (χ1n) is 10.2. The maximum atomic E-state index is 13.1. The second-order valence-corrected chi connectivity index (χ2v) is 7.54. The van der Waals surface area contributed by atoms with Crippen molar-refractivity contribution in [2.45, 2.75) is 12.7 Å². The molecule has 2 aromatic carbocycles. The molecule has 0 aliphatic heterocycles. The van der Waals surface area contributed by atoms with E-state index < -0.39 is 22.8 Å². The monoisotopic (exact) mass is 507 g/mol. The van der Waals surface area contributed by atoms with Gasteiger partial charge in [0, 0.05) is 32.9 Å². The summed E-state index contributed by atoms with van der Waals surface area (Å²) in [5.74, 6) is 0.572. The van der Waals surface area contributed by atoms with Gasteiger partial charge in [0.2, 0.25) is 0 Å². The number of hydrogen-bond acceptors (Lipinski definition) is 5. The van der Waals surface area contributed by atoms with E-state index in [2.05, 4.69) is 26.3 Å². The van der Waals surface area contributed by atoms with Crippen molar-refractivity contribution in [2.24, 2.45) is 0 Å². The molecule has 1 aromatic heterocycles. The number of benzene rings is 2. The lowest BCUT2D eigenvalue weighted by Gasteiger charge is -2.16. The number of carbonyl (C=O) groups excluding carboxylic acids is 2. The predicted molar refractivity (Wildman–Crippen MR) is 126 cm³/mol. The summed E-state index contributed by atoms with van der Waals surface area (Å²) in [6.07, 6.45) is -3.21. The lowest BCUT2D eigenvalue weighted by Crippen LogP contribution is -2.28. The molecule has 184 valence electrons. The average Bonchev–Trinajstić information content (AvgIpc) is 2.83. The first-order valence-corrected chi connectivity index (χ1v) is 10.6. The van der Waals surface area contributed by atoms with Gasteiger partial charge in [-0.3, -0.25) is 9.78 Å². The van der Waals surface area contributed by atoms with Crippen molar-refractivity contribution in [3.8, 4) is 11.5 Å². The largest absolute Gasteiger partial charge is 0.457 e. The quantitative estimate of drug-likeness (QED) is 0.349. The van der Waals surface area contributed by atoms with Crippen LogP contribution in [0.4, 0.5) is 29.3 Å². The minimum absolute atomic E-state index is 0.0704. The van der Waals surface area contributed by atoms with E-state index in [0.717, 1.165) is 12.1 Å². The maximum absolute atomic E-state index is 13.1. The highest BCUT2D eigenvalue weighted by molar-refractivity contribution is 6.32. The first kappa shape index (κ1) is 25.6. The Morgan fingerprint density at radius 1 is 1.00 bits per heavy atom. The Balaban J connectivity index is 1.61. The molecule has 12 heteroatoms. The van der Waals surface area contributed by atoms with Gasteiger partial charge in [-0.15, -0.1) is 0 Å². The van der Waals surface area contributed by atoms with Crippen molar-refractivity contribution in [3.63, 3.8) is 0 Å². The van der Waals surface area contributed by atoms with E-state index in [0.29, 0.717) is 17.1 Å². The van der Waals surface area contributed by atoms with Crippen molar-refractivity contribution in [1.29, 1.82) is 0 Å². The van der Waals surface area contributed by atoms with Crippen LogP contribution in [0.2, 0.25) is 5.02 Å². The zero-order chi connectivity index (χ0) is 25.6. The smallest absolute Gasteiger partial charge is 0.417 e. The lowest BCUT2D eigenvalue weighted by atomic mass is 10.1. The van der Waals surface area contributed by atoms with Crippen LogP contribution in [0.3, 0.4) is 0 Å². The fourth-order valence-corrected chi connectivity index (χ4v) is 3.26. The summed E-state index contributed by atoms with van der Waals surface area (Å²) in [6, 6.07) is 11.0. The van der Waals surface area contributed by atoms with Crippen molar-refractivity contribution in [3.05, 3.63) is 76.6 Å². The van der Waals surface area contributed by atoms with Crippen LogP contribution in [-0.2, 0) is 12.7 Å². The number of carbonyl (C=O) groups is 2. The molecule has 0 spiro atoms. The molecule has 0 atom stereocenters. The second-order valence-electron chi connectivity index (χ2n) is 7.13. The van der Waals surface area contributed by atoms with E-state index in [9.17, 15) is 22.8 Å². The number of pyridine rings is 1. The molecule has 3 rings (SSSR count). The van der Waals surface area contributed by atoms with Gasteiger partial charge in [-0.1, -0.05) is 23.7 Å². The highest BCUT2D eigenvalue weighted by Crippen LogP contribution is 2.39. The van der Waals surface area contributed by atoms with E-state index in [-0.39, 0.29) is 29.5 Å². The standard InChI is InChI=1S/C23H21ClF3N5O3/c1-28-18-11-17(24)16(23(25,26)27)10-19(18)32-22(34)31-12-13-3-5-14(6-4-13)35-15-7-8-30-20(9-15)21(33)29-2/h3-11,28H,12H2,1-2H3,(H,29,33)(H2,31,32,34). The van der Waals surface area contributed by atoms with Gasteiger partial charge in [0.05, 0.1) is 22.0 Å². The molecule has 0 aliphatic carbocycles. The van der Waals surface area contributed by atoms with E-state index in [4.69, 9.17) is 16.3 Å². The summed E-state index contributed by atoms with van der Waals surface area (Å²) in [5, 5.41) is 9.68. The Morgan fingerprint density at radius 2 is 1.71 bits per heavy atom. The Labute approximate surface area is 203 Å². The number of amides is 3. The van der Waals surface area contributed by atoms with Crippen LogP contribution < -0.4 is 26.0 Å². The normalized spacial score (nSPS) is 10.9. The fraction of sp³-hybridized carbons (Fsp3) is 0.174. The molecule has 8 nitrogen and oxygen atoms in total. The van der Waals surface area contributed by atoms with Gasteiger partial charge in [0.25, 0.3) is 5.91 Å². The van der Waals surface area contributed by atoms with Gasteiger partial charge >= 0.3 is 12.2 Å². The molecule has 0 saturated carbocycles. The number of rotatable bonds is 7. The second kappa shape index (κ2) is 11.0. The zero-order valence-electron chi connectivity index (χ0n) is 18.6. The molecule has 0 aliphatic rings. The van der Waals surface area contributed by atoms with Gasteiger partial charge < -0.3 is 26.0 Å². The van der Waals surface area contributed by atoms with Gasteiger partial charge in [0.1, 0.15) is 17.2 Å². The van der Waals surface area contributed by atoms with E-state index >= 15 is 0 Å². The van der Waals surface area contributed by atoms with Crippen LogP contribution in [-0.4, -0.2) is 31.0 Å². The van der Waals surface area contributed by atoms with Crippen LogP contribution in [0.5, 0.6) is 11.5 Å². The minimum Gasteiger partial charge on any atom is -0.457 e. The van der Waals surface area contributed by atoms with Crippen molar-refractivity contribution in [2.75, 3.05) is 24.7 Å². The molecule has 0 radical (unpaired) electrons. The Kier molecular flexibility index (Phi) is 8.02. The summed E-state index contributed by atoms with van der Waals surface area (Å²) >= 11 is 5.72. The Hall–Kier alpha value is -3.99. The third kappa shape index (κ3) is 6.76. The molecular weight excluding hydrogens is 487 g/mol.